The maximum Gasteiger partial charge on any atom is 0.319 e. The van der Waals surface area contributed by atoms with Crippen LogP contribution in [0.2, 0.25) is 5.04 Å². The van der Waals surface area contributed by atoms with Crippen LogP contribution in [0.15, 0.2) is 84.9 Å². The minimum Gasteiger partial charge on any atom is -0.534 e. The van der Waals surface area contributed by atoms with E-state index >= 15 is 0 Å². The number of alkyl halides is 1. The van der Waals surface area contributed by atoms with E-state index in [1.807, 2.05) is 36.4 Å². The minimum absolute atomic E-state index is 0.0490. The van der Waals surface area contributed by atoms with Gasteiger partial charge in [-0.2, -0.15) is 0 Å². The van der Waals surface area contributed by atoms with Crippen LogP contribution in [0.25, 0.3) is 0 Å². The van der Waals surface area contributed by atoms with Crippen molar-refractivity contribution in [1.82, 2.24) is 0 Å². The minimum atomic E-state index is -2.68. The van der Waals surface area contributed by atoms with Crippen molar-refractivity contribution in [1.29, 1.82) is 0 Å². The maximum atomic E-state index is 12.2. The molecule has 0 aliphatic carbocycles. The normalized spacial score (nSPS) is 11.9. The smallest absolute Gasteiger partial charge is 0.319 e. The van der Waals surface area contributed by atoms with Gasteiger partial charge in [0, 0.05) is 5.56 Å². The maximum absolute atomic E-state index is 12.2. The van der Waals surface area contributed by atoms with Crippen molar-refractivity contribution in [2.75, 3.05) is 5.33 Å². The first-order valence-corrected chi connectivity index (χ1v) is 12.4. The van der Waals surface area contributed by atoms with Gasteiger partial charge in [0.05, 0.1) is 5.33 Å². The van der Waals surface area contributed by atoms with Gasteiger partial charge in [0.1, 0.15) is 5.75 Å². The Morgan fingerprint density at radius 2 is 1.39 bits per heavy atom. The molecule has 0 atom stereocenters. The van der Waals surface area contributed by atoms with Gasteiger partial charge in [-0.3, -0.25) is 4.79 Å². The molecule has 0 bridgehead atoms. The van der Waals surface area contributed by atoms with Gasteiger partial charge in [-0.1, -0.05) is 109 Å². The van der Waals surface area contributed by atoms with E-state index in [-0.39, 0.29) is 10.8 Å². The molecule has 0 aromatic heterocycles. The summed E-state index contributed by atoms with van der Waals surface area (Å²) in [5.74, 6) is 0.786. The second-order valence-electron chi connectivity index (χ2n) is 7.85. The van der Waals surface area contributed by atoms with Crippen molar-refractivity contribution in [3.8, 4) is 5.75 Å². The number of carbonyl (C=O) groups is 1. The Labute approximate surface area is 176 Å². The molecule has 2 nitrogen and oxygen atoms in total. The number of rotatable bonds is 6. The summed E-state index contributed by atoms with van der Waals surface area (Å²) in [4.78, 5) is 12.2. The number of hydrogen-bond acceptors (Lipinski definition) is 2. The van der Waals surface area contributed by atoms with Gasteiger partial charge in [0.25, 0.3) is 0 Å². The third kappa shape index (κ3) is 3.98. The largest absolute Gasteiger partial charge is 0.534 e. The molecular weight excluding hydrogens is 428 g/mol. The van der Waals surface area contributed by atoms with Crippen LogP contribution in [-0.4, -0.2) is 19.4 Å². The van der Waals surface area contributed by atoms with Gasteiger partial charge in [-0.15, -0.1) is 0 Å². The monoisotopic (exact) mass is 452 g/mol. The highest BCUT2D eigenvalue weighted by Gasteiger charge is 2.52. The predicted molar refractivity (Wildman–Crippen MR) is 123 cm³/mol. The molecule has 0 fully saturated rings. The van der Waals surface area contributed by atoms with E-state index in [1.54, 1.807) is 0 Å². The Balaban J connectivity index is 2.21. The van der Waals surface area contributed by atoms with Crippen molar-refractivity contribution in [3.05, 3.63) is 90.5 Å². The van der Waals surface area contributed by atoms with E-state index < -0.39 is 8.32 Å². The lowest BCUT2D eigenvalue weighted by Gasteiger charge is -2.43. The first kappa shape index (κ1) is 20.6. The summed E-state index contributed by atoms with van der Waals surface area (Å²) in [7, 11) is -2.68. The van der Waals surface area contributed by atoms with Crippen molar-refractivity contribution in [2.24, 2.45) is 0 Å². The van der Waals surface area contributed by atoms with Crippen LogP contribution in [-0.2, 0) is 0 Å². The predicted octanol–water partition coefficient (Wildman–Crippen LogP) is 5.20. The van der Waals surface area contributed by atoms with E-state index in [2.05, 4.69) is 85.2 Å². The quantitative estimate of drug-likeness (QED) is 0.291. The number of halogens is 1. The van der Waals surface area contributed by atoms with Crippen LogP contribution < -0.4 is 14.8 Å². The lowest BCUT2D eigenvalue weighted by molar-refractivity contribution is 0.102. The standard InChI is InChI=1S/C24H25BrO2Si/c1-24(2,3)28(21-13-6-4-7-14-21,22-15-8-5-9-16-22)27-20-12-10-11-19(17-20)23(26)18-25/h4-17H,18H2,1-3H3. The Morgan fingerprint density at radius 3 is 1.86 bits per heavy atom. The third-order valence-electron chi connectivity index (χ3n) is 4.97. The summed E-state index contributed by atoms with van der Waals surface area (Å²) in [5, 5.41) is 2.61. The second-order valence-corrected chi connectivity index (χ2v) is 12.6. The molecule has 0 aliphatic heterocycles. The number of carbonyl (C=O) groups excluding carboxylic acids is 1. The van der Waals surface area contributed by atoms with Gasteiger partial charge in [-0.05, 0) is 27.5 Å². The molecular formula is C24H25BrO2Si. The molecule has 0 heterocycles. The molecule has 3 rings (SSSR count). The lowest BCUT2D eigenvalue weighted by Crippen LogP contribution is -2.68. The zero-order chi connectivity index (χ0) is 20.2. The Morgan fingerprint density at radius 1 is 0.857 bits per heavy atom. The molecule has 0 saturated carbocycles. The summed E-state index contributed by atoms with van der Waals surface area (Å²) in [6.45, 7) is 6.73. The van der Waals surface area contributed by atoms with Crippen LogP contribution >= 0.6 is 15.9 Å². The van der Waals surface area contributed by atoms with Crippen molar-refractivity contribution >= 4 is 40.4 Å². The zero-order valence-corrected chi connectivity index (χ0v) is 19.1. The number of Topliss-reactive ketones (excluding diaryl/α,β-unsaturated/α-hetero) is 1. The van der Waals surface area contributed by atoms with Gasteiger partial charge in [0.2, 0.25) is 0 Å². The highest BCUT2D eigenvalue weighted by Crippen LogP contribution is 2.37. The summed E-state index contributed by atoms with van der Waals surface area (Å²) >= 11 is 3.26. The summed E-state index contributed by atoms with van der Waals surface area (Å²) < 4.78 is 6.95. The zero-order valence-electron chi connectivity index (χ0n) is 16.5. The number of hydrogen-bond donors (Lipinski definition) is 0. The number of benzene rings is 3. The van der Waals surface area contributed by atoms with Gasteiger partial charge in [0.15, 0.2) is 5.78 Å². The molecule has 144 valence electrons. The topological polar surface area (TPSA) is 26.3 Å². The van der Waals surface area contributed by atoms with Crippen LogP contribution in [0, 0.1) is 0 Å². The number of ketones is 1. The molecule has 4 heteroatoms. The average Bonchev–Trinajstić information content (AvgIpc) is 2.72. The Hall–Kier alpha value is -2.17. The fraction of sp³-hybridized carbons (Fsp3) is 0.208. The fourth-order valence-corrected chi connectivity index (χ4v) is 8.37. The molecule has 0 unspecified atom stereocenters. The van der Waals surface area contributed by atoms with Crippen LogP contribution in [0.4, 0.5) is 0 Å². The SMILES string of the molecule is CC(C)(C)[Si](Oc1cccc(C(=O)CBr)c1)(c1ccccc1)c1ccccc1. The van der Waals surface area contributed by atoms with Gasteiger partial charge < -0.3 is 4.43 Å². The van der Waals surface area contributed by atoms with Crippen LogP contribution in [0.5, 0.6) is 5.75 Å². The lowest BCUT2D eigenvalue weighted by atomic mass is 10.1. The van der Waals surface area contributed by atoms with E-state index in [4.69, 9.17) is 4.43 Å². The molecule has 0 radical (unpaired) electrons. The van der Waals surface area contributed by atoms with E-state index in [9.17, 15) is 4.79 Å². The van der Waals surface area contributed by atoms with E-state index in [0.717, 1.165) is 5.75 Å². The van der Waals surface area contributed by atoms with E-state index in [0.29, 0.717) is 10.9 Å². The second kappa shape index (κ2) is 8.46. The molecule has 3 aromatic carbocycles. The average molecular weight is 453 g/mol. The summed E-state index contributed by atoms with van der Waals surface area (Å²) in [6.07, 6.45) is 0. The summed E-state index contributed by atoms with van der Waals surface area (Å²) in [6, 6.07) is 28.5. The van der Waals surface area contributed by atoms with Crippen molar-refractivity contribution < 1.29 is 9.22 Å². The van der Waals surface area contributed by atoms with Gasteiger partial charge >= 0.3 is 8.32 Å². The molecule has 0 aliphatic rings. The Kier molecular flexibility index (Phi) is 6.21. The summed E-state index contributed by atoms with van der Waals surface area (Å²) in [5.41, 5.74) is 0.660. The van der Waals surface area contributed by atoms with Gasteiger partial charge in [-0.25, -0.2) is 0 Å². The molecule has 0 N–H and O–H groups in total. The van der Waals surface area contributed by atoms with Crippen molar-refractivity contribution in [3.63, 3.8) is 0 Å². The first-order chi connectivity index (χ1) is 13.4. The molecule has 0 amide bonds. The highest BCUT2D eigenvalue weighted by molar-refractivity contribution is 9.09. The van der Waals surface area contributed by atoms with E-state index in [1.165, 1.54) is 10.4 Å². The molecule has 0 saturated heterocycles. The molecule has 28 heavy (non-hydrogen) atoms. The fourth-order valence-electron chi connectivity index (χ4n) is 3.64. The Bertz CT molecular complexity index is 894. The first-order valence-electron chi connectivity index (χ1n) is 9.38. The van der Waals surface area contributed by atoms with Crippen LogP contribution in [0.1, 0.15) is 31.1 Å². The molecule has 0 spiro atoms. The third-order valence-corrected chi connectivity index (χ3v) is 10.4. The van der Waals surface area contributed by atoms with Crippen LogP contribution in [0.3, 0.4) is 0 Å². The van der Waals surface area contributed by atoms with Crippen molar-refractivity contribution in [2.45, 2.75) is 25.8 Å². The molecule has 3 aromatic rings. The highest BCUT2D eigenvalue weighted by atomic mass is 79.9.